The molecule has 0 N–H and O–H groups in total. The van der Waals surface area contributed by atoms with Gasteiger partial charge in [-0.25, -0.2) is 12.7 Å². The fourth-order valence-electron chi connectivity index (χ4n) is 2.88. The summed E-state index contributed by atoms with van der Waals surface area (Å²) in [7, 11) is -1.76. The van der Waals surface area contributed by atoms with Crippen LogP contribution in [0.2, 0.25) is 0 Å². The molecule has 1 saturated carbocycles. The summed E-state index contributed by atoms with van der Waals surface area (Å²) in [6.45, 7) is 0.599. The van der Waals surface area contributed by atoms with E-state index in [0.717, 1.165) is 18.4 Å². The highest BCUT2D eigenvalue weighted by Gasteiger charge is 2.24. The largest absolute Gasteiger partial charge is 0.242 e. The second kappa shape index (κ2) is 7.06. The second-order valence-corrected chi connectivity index (χ2v) is 7.81. The number of hydrogen-bond donors (Lipinski definition) is 0. The summed E-state index contributed by atoms with van der Waals surface area (Å²) in [5, 5.41) is 8.64. The van der Waals surface area contributed by atoms with E-state index in [1.165, 1.54) is 23.6 Å². The van der Waals surface area contributed by atoms with Crippen LogP contribution in [0.25, 0.3) is 0 Å². The molecule has 0 aliphatic heterocycles. The summed E-state index contributed by atoms with van der Waals surface area (Å²) in [6, 6.07) is 8.68. The molecule has 0 atom stereocenters. The number of rotatable bonds is 5. The topological polar surface area (TPSA) is 61.2 Å². The van der Waals surface area contributed by atoms with Gasteiger partial charge in [-0.3, -0.25) is 0 Å². The van der Waals surface area contributed by atoms with Crippen molar-refractivity contribution in [2.24, 2.45) is 5.92 Å². The Bertz CT molecular complexity index is 596. The first-order chi connectivity index (χ1) is 10.0. The Kier molecular flexibility index (Phi) is 5.38. The molecule has 1 aliphatic rings. The number of sulfonamides is 1. The minimum Gasteiger partial charge on any atom is -0.207 e. The normalized spacial score (nSPS) is 16.8. The van der Waals surface area contributed by atoms with Crippen molar-refractivity contribution in [1.82, 2.24) is 4.31 Å². The summed E-state index contributed by atoms with van der Waals surface area (Å²) in [5.74, 6) is 0.483. The summed E-state index contributed by atoms with van der Waals surface area (Å²) in [6.07, 6.45) is 6.25. The maximum absolute atomic E-state index is 12.5. The zero-order valence-electron chi connectivity index (χ0n) is 12.5. The van der Waals surface area contributed by atoms with E-state index in [2.05, 4.69) is 6.07 Å². The molecule has 1 aromatic carbocycles. The van der Waals surface area contributed by atoms with E-state index in [-0.39, 0.29) is 0 Å². The maximum atomic E-state index is 12.5. The van der Waals surface area contributed by atoms with Crippen molar-refractivity contribution in [3.8, 4) is 6.07 Å². The smallest absolute Gasteiger partial charge is 0.207 e. The Morgan fingerprint density at radius 3 is 2.38 bits per heavy atom. The van der Waals surface area contributed by atoms with Gasteiger partial charge in [-0.15, -0.1) is 0 Å². The van der Waals surface area contributed by atoms with Crippen LogP contribution >= 0.6 is 0 Å². The molecular weight excluding hydrogens is 284 g/mol. The van der Waals surface area contributed by atoms with Gasteiger partial charge in [-0.05, 0) is 36.5 Å². The monoisotopic (exact) mass is 306 g/mol. The van der Waals surface area contributed by atoms with Gasteiger partial charge < -0.3 is 0 Å². The van der Waals surface area contributed by atoms with Crippen LogP contribution in [0.1, 0.15) is 37.7 Å². The lowest BCUT2D eigenvalue weighted by Crippen LogP contribution is -2.32. The molecule has 1 aromatic rings. The Hall–Kier alpha value is -1.38. The van der Waals surface area contributed by atoms with Crippen molar-refractivity contribution >= 4 is 10.0 Å². The quantitative estimate of drug-likeness (QED) is 0.840. The van der Waals surface area contributed by atoms with Gasteiger partial charge in [0, 0.05) is 13.6 Å². The zero-order valence-corrected chi connectivity index (χ0v) is 13.3. The summed E-state index contributed by atoms with van der Waals surface area (Å²) in [5.41, 5.74) is 0.839. The van der Waals surface area contributed by atoms with Crippen molar-refractivity contribution in [3.63, 3.8) is 0 Å². The van der Waals surface area contributed by atoms with Gasteiger partial charge in [0.15, 0.2) is 0 Å². The minimum absolute atomic E-state index is 0.304. The minimum atomic E-state index is -3.42. The molecule has 0 unspecified atom stereocenters. The highest BCUT2D eigenvalue weighted by Crippen LogP contribution is 2.26. The van der Waals surface area contributed by atoms with E-state index in [1.807, 2.05) is 0 Å². The van der Waals surface area contributed by atoms with Gasteiger partial charge in [0.25, 0.3) is 0 Å². The van der Waals surface area contributed by atoms with Crippen molar-refractivity contribution in [3.05, 3.63) is 29.8 Å². The lowest BCUT2D eigenvalue weighted by atomic mass is 9.89. The third-order valence-electron chi connectivity index (χ3n) is 4.15. The first-order valence-electron chi connectivity index (χ1n) is 7.46. The highest BCUT2D eigenvalue weighted by molar-refractivity contribution is 7.89. The van der Waals surface area contributed by atoms with Crippen molar-refractivity contribution in [2.45, 2.75) is 43.4 Å². The molecule has 0 amide bonds. The van der Waals surface area contributed by atoms with Crippen molar-refractivity contribution in [2.75, 3.05) is 13.6 Å². The van der Waals surface area contributed by atoms with Gasteiger partial charge in [-0.1, -0.05) is 31.4 Å². The number of nitriles is 1. The first-order valence-corrected chi connectivity index (χ1v) is 8.90. The van der Waals surface area contributed by atoms with Crippen LogP contribution in [-0.2, 0) is 16.4 Å². The lowest BCUT2D eigenvalue weighted by molar-refractivity contribution is 0.300. The molecule has 0 bridgehead atoms. The maximum Gasteiger partial charge on any atom is 0.242 e. The predicted octanol–water partition coefficient (Wildman–Crippen LogP) is 2.95. The third kappa shape index (κ3) is 4.05. The fourth-order valence-corrected chi connectivity index (χ4v) is 4.13. The van der Waals surface area contributed by atoms with Crippen LogP contribution in [0.3, 0.4) is 0 Å². The van der Waals surface area contributed by atoms with Crippen LogP contribution in [0.15, 0.2) is 29.2 Å². The van der Waals surface area contributed by atoms with Crippen LogP contribution in [-0.4, -0.2) is 26.3 Å². The molecule has 0 heterocycles. The molecule has 5 heteroatoms. The molecule has 0 spiro atoms. The predicted molar refractivity (Wildman–Crippen MR) is 82.1 cm³/mol. The summed E-state index contributed by atoms with van der Waals surface area (Å²) in [4.78, 5) is 0.308. The molecule has 21 heavy (non-hydrogen) atoms. The molecule has 4 nitrogen and oxygen atoms in total. The lowest BCUT2D eigenvalue weighted by Gasteiger charge is -2.26. The number of hydrogen-bond acceptors (Lipinski definition) is 3. The van der Waals surface area contributed by atoms with E-state index in [1.54, 1.807) is 31.3 Å². The van der Waals surface area contributed by atoms with Crippen LogP contribution < -0.4 is 0 Å². The van der Waals surface area contributed by atoms with Crippen LogP contribution in [0.5, 0.6) is 0 Å². The fraction of sp³-hybridized carbons (Fsp3) is 0.562. The molecule has 0 saturated heterocycles. The molecule has 2 rings (SSSR count). The van der Waals surface area contributed by atoms with E-state index >= 15 is 0 Å². The SMILES string of the molecule is CN(CC1CCCCC1)S(=O)(=O)c1ccc(CC#N)cc1. The average Bonchev–Trinajstić information content (AvgIpc) is 2.49. The van der Waals surface area contributed by atoms with Gasteiger partial charge >= 0.3 is 0 Å². The molecule has 0 radical (unpaired) electrons. The molecular formula is C16H22N2O2S. The number of benzene rings is 1. The van der Waals surface area contributed by atoms with E-state index in [0.29, 0.717) is 23.8 Å². The Morgan fingerprint density at radius 2 is 1.81 bits per heavy atom. The van der Waals surface area contributed by atoms with E-state index < -0.39 is 10.0 Å². The zero-order chi connectivity index (χ0) is 15.3. The van der Waals surface area contributed by atoms with Crippen molar-refractivity contribution < 1.29 is 8.42 Å². The average molecular weight is 306 g/mol. The number of nitrogens with zero attached hydrogens (tertiary/aromatic N) is 2. The van der Waals surface area contributed by atoms with E-state index in [4.69, 9.17) is 5.26 Å². The molecule has 114 valence electrons. The summed E-state index contributed by atoms with van der Waals surface area (Å²) >= 11 is 0. The third-order valence-corrected chi connectivity index (χ3v) is 5.99. The summed E-state index contributed by atoms with van der Waals surface area (Å²) < 4.78 is 26.5. The second-order valence-electron chi connectivity index (χ2n) is 5.77. The Balaban J connectivity index is 2.07. The first kappa shape index (κ1) is 16.0. The standard InChI is InChI=1S/C16H22N2O2S/c1-18(13-15-5-3-2-4-6-15)21(19,20)16-9-7-14(8-10-16)11-12-17/h7-10,15H,2-6,11,13H2,1H3. The van der Waals surface area contributed by atoms with Crippen LogP contribution in [0, 0.1) is 17.2 Å². The molecule has 1 aliphatic carbocycles. The highest BCUT2D eigenvalue weighted by atomic mass is 32.2. The Labute approximate surface area is 127 Å². The molecule has 1 fully saturated rings. The van der Waals surface area contributed by atoms with Gasteiger partial charge in [0.2, 0.25) is 10.0 Å². The molecule has 0 aromatic heterocycles. The van der Waals surface area contributed by atoms with Gasteiger partial charge in [0.05, 0.1) is 17.4 Å². The van der Waals surface area contributed by atoms with Gasteiger partial charge in [-0.2, -0.15) is 5.26 Å². The Morgan fingerprint density at radius 1 is 1.19 bits per heavy atom. The van der Waals surface area contributed by atoms with Crippen molar-refractivity contribution in [1.29, 1.82) is 5.26 Å². The van der Waals surface area contributed by atoms with Gasteiger partial charge in [0.1, 0.15) is 0 Å². The van der Waals surface area contributed by atoms with Crippen LogP contribution in [0.4, 0.5) is 0 Å². The van der Waals surface area contributed by atoms with E-state index in [9.17, 15) is 8.42 Å².